The Labute approximate surface area is 118 Å². The molecule has 0 atom stereocenters. The minimum Gasteiger partial charge on any atom is -0.482 e. The quantitative estimate of drug-likeness (QED) is 0.794. The number of para-hydroxylation sites is 1. The standard InChI is InChI=1S/C13H10N4O2S/c1-15-13-9(16-17-20-13)7-18-12-8-4-2-3-5-10(8)19-11(12)6-14/h2-5,15H,7H2,1H3. The Hall–Kier alpha value is -2.59. The number of benzene rings is 1. The zero-order chi connectivity index (χ0) is 13.9. The van der Waals surface area contributed by atoms with E-state index in [1.54, 1.807) is 13.1 Å². The summed E-state index contributed by atoms with van der Waals surface area (Å²) in [5.41, 5.74) is 1.33. The fourth-order valence-corrected chi connectivity index (χ4v) is 2.39. The fourth-order valence-electron chi connectivity index (χ4n) is 1.87. The van der Waals surface area contributed by atoms with Crippen LogP contribution in [0.2, 0.25) is 0 Å². The van der Waals surface area contributed by atoms with Gasteiger partial charge in [0.05, 0.1) is 5.39 Å². The lowest BCUT2D eigenvalue weighted by Crippen LogP contribution is -2.00. The molecule has 0 amide bonds. The van der Waals surface area contributed by atoms with Crippen molar-refractivity contribution < 1.29 is 9.15 Å². The van der Waals surface area contributed by atoms with E-state index in [-0.39, 0.29) is 12.4 Å². The van der Waals surface area contributed by atoms with Gasteiger partial charge in [-0.2, -0.15) is 5.26 Å². The van der Waals surface area contributed by atoms with Gasteiger partial charge in [-0.25, -0.2) is 0 Å². The molecule has 0 radical (unpaired) electrons. The van der Waals surface area contributed by atoms with Gasteiger partial charge in [-0.1, -0.05) is 16.6 Å². The highest BCUT2D eigenvalue weighted by Gasteiger charge is 2.16. The highest BCUT2D eigenvalue weighted by Crippen LogP contribution is 2.33. The van der Waals surface area contributed by atoms with Gasteiger partial charge in [0, 0.05) is 18.6 Å². The average Bonchev–Trinajstić information content (AvgIpc) is 3.08. The first-order valence-electron chi connectivity index (χ1n) is 5.87. The number of hydrogen-bond acceptors (Lipinski definition) is 7. The normalized spacial score (nSPS) is 10.4. The maximum absolute atomic E-state index is 9.12. The molecule has 100 valence electrons. The molecule has 2 aromatic heterocycles. The van der Waals surface area contributed by atoms with Crippen molar-refractivity contribution in [3.63, 3.8) is 0 Å². The molecule has 0 saturated heterocycles. The van der Waals surface area contributed by atoms with Crippen molar-refractivity contribution >= 4 is 27.5 Å². The number of nitriles is 1. The van der Waals surface area contributed by atoms with Crippen LogP contribution in [-0.4, -0.2) is 16.6 Å². The number of fused-ring (bicyclic) bond motifs is 1. The summed E-state index contributed by atoms with van der Waals surface area (Å²) in [6, 6.07) is 9.37. The molecule has 0 aliphatic rings. The van der Waals surface area contributed by atoms with Gasteiger partial charge in [0.1, 0.15) is 29.0 Å². The Kier molecular flexibility index (Phi) is 3.23. The minimum absolute atomic E-state index is 0.167. The molecule has 1 aromatic carbocycles. The average molecular weight is 286 g/mol. The van der Waals surface area contributed by atoms with Gasteiger partial charge in [-0.05, 0) is 12.1 Å². The second-order valence-electron chi connectivity index (χ2n) is 3.96. The molecule has 7 heteroatoms. The van der Waals surface area contributed by atoms with E-state index in [9.17, 15) is 0 Å². The summed E-state index contributed by atoms with van der Waals surface area (Å²) in [4.78, 5) is 0. The Morgan fingerprint density at radius 3 is 3.10 bits per heavy atom. The van der Waals surface area contributed by atoms with Gasteiger partial charge in [-0.15, -0.1) is 5.10 Å². The molecule has 0 spiro atoms. The van der Waals surface area contributed by atoms with Gasteiger partial charge in [-0.3, -0.25) is 0 Å². The summed E-state index contributed by atoms with van der Waals surface area (Å²) in [5, 5.41) is 17.7. The van der Waals surface area contributed by atoms with E-state index >= 15 is 0 Å². The number of hydrogen-bond donors (Lipinski definition) is 1. The first-order chi connectivity index (χ1) is 9.83. The topological polar surface area (TPSA) is 84.0 Å². The van der Waals surface area contributed by atoms with Crippen molar-refractivity contribution in [1.82, 2.24) is 9.59 Å². The van der Waals surface area contributed by atoms with Crippen LogP contribution in [0.4, 0.5) is 5.00 Å². The van der Waals surface area contributed by atoms with Crippen molar-refractivity contribution in [2.75, 3.05) is 12.4 Å². The molecule has 0 aliphatic heterocycles. The van der Waals surface area contributed by atoms with Crippen LogP contribution in [0.15, 0.2) is 28.7 Å². The van der Waals surface area contributed by atoms with Gasteiger partial charge in [0.15, 0.2) is 5.75 Å². The summed E-state index contributed by atoms with van der Waals surface area (Å²) < 4.78 is 15.0. The van der Waals surface area contributed by atoms with E-state index < -0.39 is 0 Å². The number of aromatic nitrogens is 2. The number of anilines is 1. The number of rotatable bonds is 4. The Morgan fingerprint density at radius 2 is 2.30 bits per heavy atom. The first-order valence-corrected chi connectivity index (χ1v) is 6.64. The molecule has 0 fully saturated rings. The molecule has 0 unspecified atom stereocenters. The molecular weight excluding hydrogens is 276 g/mol. The van der Waals surface area contributed by atoms with E-state index in [4.69, 9.17) is 14.4 Å². The zero-order valence-corrected chi connectivity index (χ0v) is 11.4. The Bertz CT molecular complexity index is 787. The predicted octanol–water partition coefficient (Wildman–Crippen LogP) is 2.78. The molecule has 6 nitrogen and oxygen atoms in total. The number of furan rings is 1. The lowest BCUT2D eigenvalue weighted by Gasteiger charge is -2.03. The van der Waals surface area contributed by atoms with Crippen LogP contribution < -0.4 is 10.1 Å². The van der Waals surface area contributed by atoms with Gasteiger partial charge in [0.25, 0.3) is 0 Å². The van der Waals surface area contributed by atoms with E-state index in [2.05, 4.69) is 14.9 Å². The van der Waals surface area contributed by atoms with Crippen molar-refractivity contribution in [1.29, 1.82) is 5.26 Å². The van der Waals surface area contributed by atoms with E-state index in [1.807, 2.05) is 24.3 Å². The summed E-state index contributed by atoms with van der Waals surface area (Å²) in [5.74, 6) is 0.610. The largest absolute Gasteiger partial charge is 0.482 e. The third-order valence-corrected chi connectivity index (χ3v) is 3.57. The smallest absolute Gasteiger partial charge is 0.246 e. The third kappa shape index (κ3) is 2.06. The van der Waals surface area contributed by atoms with Crippen LogP contribution in [0.25, 0.3) is 11.0 Å². The monoisotopic (exact) mass is 286 g/mol. The summed E-state index contributed by atoms with van der Waals surface area (Å²) in [6.45, 7) is 0.227. The van der Waals surface area contributed by atoms with Crippen LogP contribution in [-0.2, 0) is 6.61 Å². The van der Waals surface area contributed by atoms with Gasteiger partial charge < -0.3 is 14.5 Å². The molecule has 0 aliphatic carbocycles. The molecule has 0 saturated carbocycles. The van der Waals surface area contributed by atoms with E-state index in [1.165, 1.54) is 11.5 Å². The van der Waals surface area contributed by atoms with Crippen LogP contribution >= 0.6 is 11.5 Å². The number of nitrogens with zero attached hydrogens (tertiary/aromatic N) is 3. The molecule has 3 aromatic rings. The molecular formula is C13H10N4O2S. The highest BCUT2D eigenvalue weighted by atomic mass is 32.1. The lowest BCUT2D eigenvalue weighted by molar-refractivity contribution is 0.299. The highest BCUT2D eigenvalue weighted by molar-refractivity contribution is 7.10. The number of nitrogens with one attached hydrogen (secondary N) is 1. The summed E-state index contributed by atoms with van der Waals surface area (Å²) in [7, 11) is 1.80. The maximum atomic E-state index is 9.12. The number of ether oxygens (including phenoxy) is 1. The fraction of sp³-hybridized carbons (Fsp3) is 0.154. The molecule has 0 bridgehead atoms. The Morgan fingerprint density at radius 1 is 1.45 bits per heavy atom. The van der Waals surface area contributed by atoms with Crippen molar-refractivity contribution in [3.05, 3.63) is 35.7 Å². The molecule has 3 rings (SSSR count). The molecule has 2 heterocycles. The van der Waals surface area contributed by atoms with Crippen LogP contribution in [0.1, 0.15) is 11.5 Å². The maximum Gasteiger partial charge on any atom is 0.246 e. The second kappa shape index (κ2) is 5.19. The van der Waals surface area contributed by atoms with E-state index in [0.717, 1.165) is 10.4 Å². The minimum atomic E-state index is 0.167. The summed E-state index contributed by atoms with van der Waals surface area (Å²) in [6.07, 6.45) is 0. The third-order valence-electron chi connectivity index (χ3n) is 2.79. The van der Waals surface area contributed by atoms with Crippen molar-refractivity contribution in [2.45, 2.75) is 6.61 Å². The Balaban J connectivity index is 1.93. The predicted molar refractivity (Wildman–Crippen MR) is 74.7 cm³/mol. The van der Waals surface area contributed by atoms with Gasteiger partial charge in [0.2, 0.25) is 5.76 Å². The van der Waals surface area contributed by atoms with E-state index in [0.29, 0.717) is 17.0 Å². The van der Waals surface area contributed by atoms with Crippen LogP contribution in [0.5, 0.6) is 5.75 Å². The van der Waals surface area contributed by atoms with Crippen molar-refractivity contribution in [3.8, 4) is 11.8 Å². The van der Waals surface area contributed by atoms with Crippen LogP contribution in [0, 0.1) is 11.3 Å². The van der Waals surface area contributed by atoms with Crippen molar-refractivity contribution in [2.24, 2.45) is 0 Å². The molecule has 20 heavy (non-hydrogen) atoms. The zero-order valence-electron chi connectivity index (χ0n) is 10.6. The lowest BCUT2D eigenvalue weighted by atomic mass is 10.2. The van der Waals surface area contributed by atoms with Gasteiger partial charge >= 0.3 is 0 Å². The second-order valence-corrected chi connectivity index (χ2v) is 4.71. The SMILES string of the molecule is CNc1snnc1COc1c(C#N)oc2ccccc12. The molecule has 1 N–H and O–H groups in total. The summed E-state index contributed by atoms with van der Waals surface area (Å²) >= 11 is 1.26. The van der Waals surface area contributed by atoms with Crippen LogP contribution in [0.3, 0.4) is 0 Å². The first kappa shape index (κ1) is 12.4.